The number of nitrogens with one attached hydrogen (secondary N) is 1. The molecule has 144 valence electrons. The van der Waals surface area contributed by atoms with Crippen LogP contribution in [0.2, 0.25) is 0 Å². The van der Waals surface area contributed by atoms with Gasteiger partial charge >= 0.3 is 5.97 Å². The van der Waals surface area contributed by atoms with Crippen LogP contribution >= 0.6 is 0 Å². The molecule has 27 heavy (non-hydrogen) atoms. The highest BCUT2D eigenvalue weighted by Gasteiger charge is 2.21. The second kappa shape index (κ2) is 9.86. The summed E-state index contributed by atoms with van der Waals surface area (Å²) in [5, 5.41) is 2.94. The fraction of sp³-hybridized carbons (Fsp3) is 0.364. The fourth-order valence-corrected chi connectivity index (χ4v) is 2.86. The number of rotatable bonds is 8. The molecule has 5 heteroatoms. The Morgan fingerprint density at radius 2 is 1.56 bits per heavy atom. The Morgan fingerprint density at radius 1 is 0.926 bits per heavy atom. The maximum atomic E-state index is 13.1. The monoisotopic (exact) mass is 371 g/mol. The van der Waals surface area contributed by atoms with Crippen LogP contribution in [0, 0.1) is 5.82 Å². The molecule has 2 atom stereocenters. The molecule has 2 unspecified atom stereocenters. The third kappa shape index (κ3) is 6.85. The van der Waals surface area contributed by atoms with E-state index < -0.39 is 6.04 Å². The highest BCUT2D eigenvalue weighted by Crippen LogP contribution is 2.22. The van der Waals surface area contributed by atoms with Crippen LogP contribution in [0.3, 0.4) is 0 Å². The average molecular weight is 371 g/mol. The zero-order valence-electron chi connectivity index (χ0n) is 15.9. The number of ether oxygens (including phenoxy) is 1. The Kier molecular flexibility index (Phi) is 7.53. The van der Waals surface area contributed by atoms with E-state index in [4.69, 9.17) is 4.74 Å². The number of carbonyl (C=O) groups is 2. The van der Waals surface area contributed by atoms with Gasteiger partial charge in [0.15, 0.2) is 0 Å². The number of benzene rings is 2. The minimum atomic E-state index is -0.453. The van der Waals surface area contributed by atoms with Crippen LogP contribution < -0.4 is 5.32 Å². The normalized spacial score (nSPS) is 13.1. The van der Waals surface area contributed by atoms with Crippen LogP contribution in [0.15, 0.2) is 54.6 Å². The highest BCUT2D eigenvalue weighted by molar-refractivity contribution is 5.79. The first-order valence-corrected chi connectivity index (χ1v) is 9.14. The molecule has 0 aliphatic heterocycles. The Labute approximate surface area is 159 Å². The van der Waals surface area contributed by atoms with Crippen molar-refractivity contribution in [1.82, 2.24) is 5.32 Å². The van der Waals surface area contributed by atoms with Gasteiger partial charge in [-0.1, -0.05) is 49.4 Å². The van der Waals surface area contributed by atoms with E-state index in [1.165, 1.54) is 12.1 Å². The molecule has 0 spiro atoms. The van der Waals surface area contributed by atoms with E-state index in [-0.39, 0.29) is 42.6 Å². The lowest BCUT2D eigenvalue weighted by Crippen LogP contribution is -2.31. The minimum absolute atomic E-state index is 0.0651. The SMILES string of the molecule is CC(C)OC(=O)CC(NC(=O)CC(C)c1ccc(F)cc1)c1ccccc1. The third-order valence-electron chi connectivity index (χ3n) is 4.21. The van der Waals surface area contributed by atoms with E-state index in [2.05, 4.69) is 5.32 Å². The van der Waals surface area contributed by atoms with Crippen molar-refractivity contribution in [2.45, 2.75) is 51.7 Å². The molecular formula is C22H26FNO3. The molecule has 0 radical (unpaired) electrons. The van der Waals surface area contributed by atoms with Crippen molar-refractivity contribution in [3.05, 3.63) is 71.5 Å². The lowest BCUT2D eigenvalue weighted by molar-refractivity contribution is -0.148. The molecule has 0 saturated carbocycles. The summed E-state index contributed by atoms with van der Waals surface area (Å²) in [6.45, 7) is 5.49. The predicted octanol–water partition coefficient (Wildman–Crippen LogP) is 4.52. The van der Waals surface area contributed by atoms with Crippen LogP contribution in [0.25, 0.3) is 0 Å². The van der Waals surface area contributed by atoms with Gasteiger partial charge in [0.1, 0.15) is 5.82 Å². The van der Waals surface area contributed by atoms with E-state index >= 15 is 0 Å². The van der Waals surface area contributed by atoms with Crippen LogP contribution in [0.5, 0.6) is 0 Å². The van der Waals surface area contributed by atoms with Crippen molar-refractivity contribution < 1.29 is 18.7 Å². The summed E-state index contributed by atoms with van der Waals surface area (Å²) in [5.41, 5.74) is 1.74. The fourth-order valence-electron chi connectivity index (χ4n) is 2.86. The molecule has 0 saturated heterocycles. The van der Waals surface area contributed by atoms with Crippen molar-refractivity contribution in [3.63, 3.8) is 0 Å². The van der Waals surface area contributed by atoms with Gasteiger partial charge in [-0.15, -0.1) is 0 Å². The lowest BCUT2D eigenvalue weighted by Gasteiger charge is -2.21. The van der Waals surface area contributed by atoms with Crippen molar-refractivity contribution >= 4 is 11.9 Å². The second-order valence-corrected chi connectivity index (χ2v) is 6.93. The predicted molar refractivity (Wildman–Crippen MR) is 103 cm³/mol. The first-order valence-electron chi connectivity index (χ1n) is 9.14. The summed E-state index contributed by atoms with van der Waals surface area (Å²) in [4.78, 5) is 24.6. The van der Waals surface area contributed by atoms with E-state index in [1.807, 2.05) is 37.3 Å². The highest BCUT2D eigenvalue weighted by atomic mass is 19.1. The summed E-state index contributed by atoms with van der Waals surface area (Å²) in [6, 6.07) is 15.0. The molecular weight excluding hydrogens is 345 g/mol. The summed E-state index contributed by atoms with van der Waals surface area (Å²) in [6.07, 6.45) is 0.107. The van der Waals surface area contributed by atoms with Gasteiger partial charge in [0.2, 0.25) is 5.91 Å². The van der Waals surface area contributed by atoms with E-state index in [1.54, 1.807) is 26.0 Å². The van der Waals surface area contributed by atoms with Crippen molar-refractivity contribution in [2.24, 2.45) is 0 Å². The van der Waals surface area contributed by atoms with Gasteiger partial charge < -0.3 is 10.1 Å². The van der Waals surface area contributed by atoms with Crippen molar-refractivity contribution in [3.8, 4) is 0 Å². The summed E-state index contributed by atoms with van der Waals surface area (Å²) < 4.78 is 18.3. The van der Waals surface area contributed by atoms with Crippen LogP contribution in [0.4, 0.5) is 4.39 Å². The number of amides is 1. The van der Waals surface area contributed by atoms with Gasteiger partial charge in [0.25, 0.3) is 0 Å². The zero-order valence-corrected chi connectivity index (χ0v) is 15.9. The quantitative estimate of drug-likeness (QED) is 0.694. The average Bonchev–Trinajstić information content (AvgIpc) is 2.61. The van der Waals surface area contributed by atoms with Gasteiger partial charge in [-0.2, -0.15) is 0 Å². The van der Waals surface area contributed by atoms with Gasteiger partial charge in [0, 0.05) is 6.42 Å². The number of halogens is 1. The molecule has 1 amide bonds. The molecule has 0 fully saturated rings. The maximum absolute atomic E-state index is 13.1. The van der Waals surface area contributed by atoms with E-state index in [0.717, 1.165) is 11.1 Å². The van der Waals surface area contributed by atoms with Crippen LogP contribution in [-0.4, -0.2) is 18.0 Å². The minimum Gasteiger partial charge on any atom is -0.463 e. The smallest absolute Gasteiger partial charge is 0.308 e. The van der Waals surface area contributed by atoms with Gasteiger partial charge in [-0.3, -0.25) is 9.59 Å². The molecule has 1 N–H and O–H groups in total. The second-order valence-electron chi connectivity index (χ2n) is 6.93. The molecule has 0 heterocycles. The molecule has 0 aliphatic carbocycles. The summed E-state index contributed by atoms with van der Waals surface area (Å²) in [5.74, 6) is -0.892. The Morgan fingerprint density at radius 3 is 2.15 bits per heavy atom. The van der Waals surface area contributed by atoms with Crippen LogP contribution in [-0.2, 0) is 14.3 Å². The molecule has 0 bridgehead atoms. The molecule has 2 rings (SSSR count). The summed E-state index contributed by atoms with van der Waals surface area (Å²) >= 11 is 0. The first-order chi connectivity index (χ1) is 12.8. The largest absolute Gasteiger partial charge is 0.463 e. The van der Waals surface area contributed by atoms with Gasteiger partial charge in [0.05, 0.1) is 18.6 Å². The van der Waals surface area contributed by atoms with Gasteiger partial charge in [-0.05, 0) is 43.0 Å². The van der Waals surface area contributed by atoms with E-state index in [9.17, 15) is 14.0 Å². The van der Waals surface area contributed by atoms with Gasteiger partial charge in [-0.25, -0.2) is 4.39 Å². The molecule has 0 aromatic heterocycles. The van der Waals surface area contributed by atoms with Crippen LogP contribution in [0.1, 0.15) is 56.7 Å². The molecule has 0 aliphatic rings. The Hall–Kier alpha value is -2.69. The topological polar surface area (TPSA) is 55.4 Å². The third-order valence-corrected chi connectivity index (χ3v) is 4.21. The lowest BCUT2D eigenvalue weighted by atomic mass is 9.96. The molecule has 2 aromatic rings. The number of esters is 1. The first kappa shape index (κ1) is 20.6. The number of hydrogen-bond acceptors (Lipinski definition) is 3. The van der Waals surface area contributed by atoms with E-state index in [0.29, 0.717) is 0 Å². The molecule has 2 aromatic carbocycles. The Balaban J connectivity index is 2.03. The Bertz CT molecular complexity index is 744. The van der Waals surface area contributed by atoms with Crippen molar-refractivity contribution in [1.29, 1.82) is 0 Å². The standard InChI is InChI=1S/C22H26FNO3/c1-15(2)27-22(26)14-20(18-7-5-4-6-8-18)24-21(25)13-16(3)17-9-11-19(23)12-10-17/h4-12,15-16,20H,13-14H2,1-3H3,(H,24,25). The number of hydrogen-bond donors (Lipinski definition) is 1. The number of carbonyl (C=O) groups excluding carboxylic acids is 2. The molecule has 4 nitrogen and oxygen atoms in total. The summed E-state index contributed by atoms with van der Waals surface area (Å²) in [7, 11) is 0. The maximum Gasteiger partial charge on any atom is 0.308 e. The van der Waals surface area contributed by atoms with Crippen molar-refractivity contribution in [2.75, 3.05) is 0 Å². The zero-order chi connectivity index (χ0) is 19.8.